The molecule has 0 aromatic heterocycles. The van der Waals surface area contributed by atoms with E-state index in [4.69, 9.17) is 0 Å². The van der Waals surface area contributed by atoms with Gasteiger partial charge in [-0.25, -0.2) is 8.78 Å². The molecule has 2 aromatic rings. The highest BCUT2D eigenvalue weighted by molar-refractivity contribution is 8.00. The van der Waals surface area contributed by atoms with E-state index in [-0.39, 0.29) is 16.8 Å². The number of halogens is 2. The topological polar surface area (TPSA) is 41.1 Å². The van der Waals surface area contributed by atoms with Gasteiger partial charge in [-0.1, -0.05) is 30.3 Å². The summed E-state index contributed by atoms with van der Waals surface area (Å²) in [7, 11) is 1.81. The van der Waals surface area contributed by atoms with Gasteiger partial charge < -0.3 is 10.6 Å². The van der Waals surface area contributed by atoms with Crippen molar-refractivity contribution in [2.24, 2.45) is 0 Å². The lowest BCUT2D eigenvalue weighted by Gasteiger charge is -2.19. The van der Waals surface area contributed by atoms with Gasteiger partial charge in [0.15, 0.2) is 0 Å². The summed E-state index contributed by atoms with van der Waals surface area (Å²) < 4.78 is 27.4. The van der Waals surface area contributed by atoms with Crippen LogP contribution in [0.25, 0.3) is 0 Å². The fourth-order valence-electron chi connectivity index (χ4n) is 2.04. The Bertz CT molecular complexity index is 682. The monoisotopic (exact) mass is 350 g/mol. The number of hydrogen-bond donors (Lipinski definition) is 2. The van der Waals surface area contributed by atoms with Crippen molar-refractivity contribution < 1.29 is 13.6 Å². The van der Waals surface area contributed by atoms with Crippen molar-refractivity contribution in [2.75, 3.05) is 13.6 Å². The molecule has 0 aliphatic rings. The van der Waals surface area contributed by atoms with Crippen LogP contribution in [0.1, 0.15) is 17.7 Å². The Balaban J connectivity index is 2.23. The standard InChI is InChI=1S/C18H20F2N2OS/c1-12(21-2)11-22-18(23)17(13-6-4-3-5-7-13)24-16-10-14(19)8-9-15(16)20/h3-10,12,17,21H,11H2,1-2H3,(H,22,23). The first kappa shape index (κ1) is 18.4. The van der Waals surface area contributed by atoms with Crippen molar-refractivity contribution in [3.63, 3.8) is 0 Å². The molecule has 0 aliphatic carbocycles. The van der Waals surface area contributed by atoms with Crippen LogP contribution in [0.3, 0.4) is 0 Å². The summed E-state index contributed by atoms with van der Waals surface area (Å²) in [5.41, 5.74) is 0.737. The molecule has 0 bridgehead atoms. The number of rotatable bonds is 7. The zero-order chi connectivity index (χ0) is 17.5. The quantitative estimate of drug-likeness (QED) is 0.751. The van der Waals surface area contributed by atoms with Crippen LogP contribution in [-0.2, 0) is 4.79 Å². The molecule has 2 N–H and O–H groups in total. The maximum Gasteiger partial charge on any atom is 0.238 e. The predicted octanol–water partition coefficient (Wildman–Crippen LogP) is 3.52. The minimum atomic E-state index is -0.661. The van der Waals surface area contributed by atoms with Crippen LogP contribution in [0, 0.1) is 11.6 Å². The highest BCUT2D eigenvalue weighted by Crippen LogP contribution is 2.37. The van der Waals surface area contributed by atoms with Crippen LogP contribution in [0.4, 0.5) is 8.78 Å². The van der Waals surface area contributed by atoms with Crippen molar-refractivity contribution in [1.29, 1.82) is 0 Å². The van der Waals surface area contributed by atoms with E-state index in [0.29, 0.717) is 6.54 Å². The van der Waals surface area contributed by atoms with Crippen LogP contribution in [0.15, 0.2) is 53.4 Å². The van der Waals surface area contributed by atoms with Crippen molar-refractivity contribution in [3.05, 3.63) is 65.7 Å². The second kappa shape index (κ2) is 8.80. The molecular weight excluding hydrogens is 330 g/mol. The molecule has 24 heavy (non-hydrogen) atoms. The van der Waals surface area contributed by atoms with Gasteiger partial charge in [-0.05, 0) is 37.7 Å². The van der Waals surface area contributed by atoms with Gasteiger partial charge in [0.2, 0.25) is 5.91 Å². The summed E-state index contributed by atoms with van der Waals surface area (Å²) in [4.78, 5) is 12.7. The number of amides is 1. The van der Waals surface area contributed by atoms with Gasteiger partial charge in [0.25, 0.3) is 0 Å². The molecule has 128 valence electrons. The number of carbonyl (C=O) groups excluding carboxylic acids is 1. The predicted molar refractivity (Wildman–Crippen MR) is 92.9 cm³/mol. The number of likely N-dealkylation sites (N-methyl/N-ethyl adjacent to an activating group) is 1. The molecule has 0 heterocycles. The van der Waals surface area contributed by atoms with Crippen LogP contribution >= 0.6 is 11.8 Å². The third-order valence-electron chi connectivity index (χ3n) is 3.55. The molecule has 0 saturated heterocycles. The molecule has 2 aromatic carbocycles. The van der Waals surface area contributed by atoms with Crippen molar-refractivity contribution in [1.82, 2.24) is 10.6 Å². The normalized spacial score (nSPS) is 13.3. The molecule has 3 nitrogen and oxygen atoms in total. The van der Waals surface area contributed by atoms with E-state index in [1.807, 2.05) is 32.2 Å². The maximum absolute atomic E-state index is 13.9. The first-order valence-electron chi connectivity index (χ1n) is 7.63. The van der Waals surface area contributed by atoms with Crippen LogP contribution in [-0.4, -0.2) is 25.5 Å². The minimum absolute atomic E-state index is 0.112. The Morgan fingerprint density at radius 3 is 2.54 bits per heavy atom. The number of benzene rings is 2. The summed E-state index contributed by atoms with van der Waals surface area (Å²) in [6.07, 6.45) is 0. The van der Waals surface area contributed by atoms with Gasteiger partial charge in [0, 0.05) is 17.5 Å². The summed E-state index contributed by atoms with van der Waals surface area (Å²) in [5, 5.41) is 5.22. The lowest BCUT2D eigenvalue weighted by Crippen LogP contribution is -2.38. The molecule has 0 spiro atoms. The van der Waals surface area contributed by atoms with Crippen molar-refractivity contribution in [2.45, 2.75) is 23.1 Å². The van der Waals surface area contributed by atoms with Gasteiger partial charge in [-0.2, -0.15) is 0 Å². The highest BCUT2D eigenvalue weighted by atomic mass is 32.2. The highest BCUT2D eigenvalue weighted by Gasteiger charge is 2.23. The SMILES string of the molecule is CNC(C)CNC(=O)C(Sc1cc(F)ccc1F)c1ccccc1. The summed E-state index contributed by atoms with van der Waals surface area (Å²) >= 11 is 1.00. The van der Waals surface area contributed by atoms with Gasteiger partial charge in [0.05, 0.1) is 0 Å². The molecule has 0 radical (unpaired) electrons. The molecule has 2 unspecified atom stereocenters. The Hall–Kier alpha value is -1.92. The van der Waals surface area contributed by atoms with Crippen LogP contribution in [0.5, 0.6) is 0 Å². The molecular formula is C18H20F2N2OS. The third-order valence-corrected chi connectivity index (χ3v) is 4.84. The number of thioether (sulfide) groups is 1. The Labute approximate surface area is 144 Å². The van der Waals surface area contributed by atoms with Crippen LogP contribution in [0.2, 0.25) is 0 Å². The zero-order valence-corrected chi connectivity index (χ0v) is 14.4. The number of nitrogens with one attached hydrogen (secondary N) is 2. The van der Waals surface area contributed by atoms with Gasteiger partial charge in [-0.15, -0.1) is 11.8 Å². The lowest BCUT2D eigenvalue weighted by atomic mass is 10.1. The summed E-state index contributed by atoms with van der Waals surface area (Å²) in [6.45, 7) is 2.39. The van der Waals surface area contributed by atoms with E-state index in [2.05, 4.69) is 10.6 Å². The minimum Gasteiger partial charge on any atom is -0.353 e. The molecule has 6 heteroatoms. The average molecular weight is 350 g/mol. The molecule has 2 rings (SSSR count). The van der Waals surface area contributed by atoms with E-state index in [9.17, 15) is 13.6 Å². The Morgan fingerprint density at radius 1 is 1.17 bits per heavy atom. The largest absolute Gasteiger partial charge is 0.353 e. The first-order chi connectivity index (χ1) is 11.5. The Kier molecular flexibility index (Phi) is 6.75. The lowest BCUT2D eigenvalue weighted by molar-refractivity contribution is -0.120. The first-order valence-corrected chi connectivity index (χ1v) is 8.51. The number of carbonyl (C=O) groups is 1. The van der Waals surface area contributed by atoms with Crippen molar-refractivity contribution >= 4 is 17.7 Å². The third kappa shape index (κ3) is 5.04. The molecule has 0 aliphatic heterocycles. The van der Waals surface area contributed by atoms with E-state index >= 15 is 0 Å². The average Bonchev–Trinajstić information content (AvgIpc) is 2.60. The van der Waals surface area contributed by atoms with Crippen LogP contribution < -0.4 is 10.6 Å². The molecule has 0 fully saturated rings. The fraction of sp³-hybridized carbons (Fsp3) is 0.278. The molecule has 0 saturated carbocycles. The van der Waals surface area contributed by atoms with E-state index in [1.165, 1.54) is 0 Å². The zero-order valence-electron chi connectivity index (χ0n) is 13.6. The smallest absolute Gasteiger partial charge is 0.238 e. The van der Waals surface area contributed by atoms with Gasteiger partial charge in [0.1, 0.15) is 16.9 Å². The number of hydrogen-bond acceptors (Lipinski definition) is 3. The second-order valence-electron chi connectivity index (χ2n) is 5.42. The van der Waals surface area contributed by atoms with E-state index in [0.717, 1.165) is 35.5 Å². The molecule has 2 atom stereocenters. The van der Waals surface area contributed by atoms with Crippen molar-refractivity contribution in [3.8, 4) is 0 Å². The Morgan fingerprint density at radius 2 is 1.88 bits per heavy atom. The van der Waals surface area contributed by atoms with Gasteiger partial charge in [-0.3, -0.25) is 4.79 Å². The second-order valence-corrected chi connectivity index (χ2v) is 6.57. The molecule has 1 amide bonds. The fourth-order valence-corrected chi connectivity index (χ4v) is 3.14. The summed E-state index contributed by atoms with van der Waals surface area (Å²) in [6, 6.07) is 12.4. The van der Waals surface area contributed by atoms with E-state index < -0.39 is 16.9 Å². The summed E-state index contributed by atoms with van der Waals surface area (Å²) in [5.74, 6) is -1.31. The van der Waals surface area contributed by atoms with E-state index in [1.54, 1.807) is 12.1 Å². The van der Waals surface area contributed by atoms with Gasteiger partial charge >= 0.3 is 0 Å². The maximum atomic E-state index is 13.9.